The number of thiazole rings is 1. The molecular weight excluding hydrogens is 434 g/mol. The molecule has 0 saturated carbocycles. The van der Waals surface area contributed by atoms with E-state index in [1.54, 1.807) is 25.7 Å². The molecule has 0 aliphatic heterocycles. The fourth-order valence-corrected chi connectivity index (χ4v) is 3.88. The van der Waals surface area contributed by atoms with Crippen LogP contribution < -0.4 is 16.4 Å². The summed E-state index contributed by atoms with van der Waals surface area (Å²) in [6.07, 6.45) is 6.40. The molecule has 0 bridgehead atoms. The summed E-state index contributed by atoms with van der Waals surface area (Å²) in [7, 11) is 1.67. The zero-order valence-corrected chi connectivity index (χ0v) is 20.3. The molecule has 0 aromatic carbocycles. The normalized spacial score (nSPS) is 12.2. The molecule has 8 nitrogen and oxygen atoms in total. The number of allylic oxidation sites excluding steroid dienone is 1. The SMILES string of the molecule is CN=CC(=CN)Nc1cc(-c2ccc(CNC(=O)c3cnc(C(C)(C)C)s3)c(C)n2)ccn1. The maximum Gasteiger partial charge on any atom is 0.263 e. The molecular formula is C24H29N7OS. The smallest absolute Gasteiger partial charge is 0.263 e. The highest BCUT2D eigenvalue weighted by Gasteiger charge is 2.20. The Morgan fingerprint density at radius 1 is 1.24 bits per heavy atom. The molecule has 9 heteroatoms. The molecule has 172 valence electrons. The summed E-state index contributed by atoms with van der Waals surface area (Å²) in [6, 6.07) is 7.70. The first-order valence-electron chi connectivity index (χ1n) is 10.5. The van der Waals surface area contributed by atoms with E-state index in [1.807, 2.05) is 31.2 Å². The van der Waals surface area contributed by atoms with Crippen LogP contribution in [0.5, 0.6) is 0 Å². The van der Waals surface area contributed by atoms with Gasteiger partial charge in [-0.2, -0.15) is 0 Å². The summed E-state index contributed by atoms with van der Waals surface area (Å²) in [5.41, 5.74) is 9.70. The second-order valence-corrected chi connectivity index (χ2v) is 9.50. The lowest BCUT2D eigenvalue weighted by atomic mass is 9.98. The van der Waals surface area contributed by atoms with Gasteiger partial charge < -0.3 is 16.4 Å². The lowest BCUT2D eigenvalue weighted by Gasteiger charge is -2.13. The maximum absolute atomic E-state index is 12.6. The number of hydrogen-bond donors (Lipinski definition) is 3. The number of nitrogens with two attached hydrogens (primary N) is 1. The number of anilines is 1. The van der Waals surface area contributed by atoms with Gasteiger partial charge in [-0.25, -0.2) is 9.97 Å². The Hall–Kier alpha value is -3.59. The number of aliphatic imine (C=N–C) groups is 1. The molecule has 1 amide bonds. The van der Waals surface area contributed by atoms with Crippen LogP contribution in [0.3, 0.4) is 0 Å². The van der Waals surface area contributed by atoms with Crippen molar-refractivity contribution in [2.45, 2.75) is 39.7 Å². The Balaban J connectivity index is 1.70. The summed E-state index contributed by atoms with van der Waals surface area (Å²) in [4.78, 5) is 30.6. The van der Waals surface area contributed by atoms with Gasteiger partial charge in [-0.1, -0.05) is 26.8 Å². The van der Waals surface area contributed by atoms with Crippen LogP contribution in [0, 0.1) is 6.92 Å². The maximum atomic E-state index is 12.6. The van der Waals surface area contributed by atoms with Crippen LogP contribution in [0.2, 0.25) is 0 Å². The minimum absolute atomic E-state index is 0.0758. The number of hydrogen-bond acceptors (Lipinski definition) is 8. The van der Waals surface area contributed by atoms with E-state index < -0.39 is 0 Å². The van der Waals surface area contributed by atoms with Gasteiger partial charge in [-0.05, 0) is 30.7 Å². The van der Waals surface area contributed by atoms with E-state index in [4.69, 9.17) is 10.7 Å². The minimum Gasteiger partial charge on any atom is -0.403 e. The van der Waals surface area contributed by atoms with Gasteiger partial charge in [-0.3, -0.25) is 14.8 Å². The van der Waals surface area contributed by atoms with Gasteiger partial charge in [0.1, 0.15) is 10.7 Å². The van der Waals surface area contributed by atoms with Gasteiger partial charge in [0.25, 0.3) is 5.91 Å². The van der Waals surface area contributed by atoms with Gasteiger partial charge in [0.15, 0.2) is 0 Å². The highest BCUT2D eigenvalue weighted by Crippen LogP contribution is 2.27. The van der Waals surface area contributed by atoms with Crippen LogP contribution in [-0.2, 0) is 12.0 Å². The molecule has 3 aromatic heterocycles. The monoisotopic (exact) mass is 463 g/mol. The minimum atomic E-state index is -0.129. The van der Waals surface area contributed by atoms with Crippen molar-refractivity contribution in [3.8, 4) is 11.3 Å². The van der Waals surface area contributed by atoms with Gasteiger partial charge >= 0.3 is 0 Å². The molecule has 0 radical (unpaired) electrons. The third-order valence-electron chi connectivity index (χ3n) is 4.78. The van der Waals surface area contributed by atoms with E-state index >= 15 is 0 Å². The molecule has 0 aliphatic carbocycles. The largest absolute Gasteiger partial charge is 0.403 e. The molecule has 33 heavy (non-hydrogen) atoms. The topological polar surface area (TPSA) is 118 Å². The molecule has 0 atom stereocenters. The lowest BCUT2D eigenvalue weighted by molar-refractivity contribution is 0.0954. The van der Waals surface area contributed by atoms with E-state index in [0.717, 1.165) is 27.5 Å². The number of rotatable bonds is 7. The highest BCUT2D eigenvalue weighted by atomic mass is 32.1. The van der Waals surface area contributed by atoms with Crippen molar-refractivity contribution in [1.82, 2.24) is 20.3 Å². The van der Waals surface area contributed by atoms with E-state index in [0.29, 0.717) is 22.9 Å². The van der Waals surface area contributed by atoms with Gasteiger partial charge in [-0.15, -0.1) is 11.3 Å². The van der Waals surface area contributed by atoms with Crippen molar-refractivity contribution in [2.75, 3.05) is 12.4 Å². The van der Waals surface area contributed by atoms with Crippen LogP contribution in [0.25, 0.3) is 11.3 Å². The summed E-state index contributed by atoms with van der Waals surface area (Å²) >= 11 is 1.43. The van der Waals surface area contributed by atoms with Gasteiger partial charge in [0.2, 0.25) is 0 Å². The first kappa shape index (κ1) is 24.1. The van der Waals surface area contributed by atoms with E-state index in [-0.39, 0.29) is 11.3 Å². The molecule has 4 N–H and O–H groups in total. The zero-order valence-electron chi connectivity index (χ0n) is 19.5. The quantitative estimate of drug-likeness (QED) is 0.455. The Morgan fingerprint density at radius 2 is 2.03 bits per heavy atom. The van der Waals surface area contributed by atoms with Crippen molar-refractivity contribution in [1.29, 1.82) is 0 Å². The van der Waals surface area contributed by atoms with Crippen molar-refractivity contribution >= 4 is 29.3 Å². The number of nitrogens with one attached hydrogen (secondary N) is 2. The van der Waals surface area contributed by atoms with Crippen LogP contribution in [0.1, 0.15) is 46.7 Å². The summed E-state index contributed by atoms with van der Waals surface area (Å²) in [5.74, 6) is 0.509. The van der Waals surface area contributed by atoms with Crippen LogP contribution >= 0.6 is 11.3 Å². The van der Waals surface area contributed by atoms with Crippen molar-refractivity contribution in [3.05, 3.63) is 69.7 Å². The number of aryl methyl sites for hydroxylation is 1. The summed E-state index contributed by atoms with van der Waals surface area (Å²) in [6.45, 7) is 8.57. The fourth-order valence-electron chi connectivity index (χ4n) is 2.99. The number of nitrogens with zero attached hydrogens (tertiary/aromatic N) is 4. The van der Waals surface area contributed by atoms with Crippen LogP contribution in [0.15, 0.2) is 53.5 Å². The number of aromatic nitrogens is 3. The standard InChI is InChI=1S/C24H29N7OS/c1-15-17(12-28-22(32)20-14-29-23(33-20)24(2,3)4)6-7-19(30-15)16-8-9-27-21(10-16)31-18(11-25)13-26-5/h6-11,13-14H,12,25H2,1-5H3,(H,27,31)(H,28,32). The molecule has 3 rings (SSSR count). The van der Waals surface area contributed by atoms with Crippen LogP contribution in [-0.4, -0.2) is 34.1 Å². The molecule has 0 aliphatic rings. The first-order chi connectivity index (χ1) is 15.7. The van der Waals surface area contributed by atoms with Crippen molar-refractivity contribution in [3.63, 3.8) is 0 Å². The zero-order chi connectivity index (χ0) is 24.0. The average molecular weight is 464 g/mol. The number of carbonyl (C=O) groups excluding carboxylic acids is 1. The predicted molar refractivity (Wildman–Crippen MR) is 134 cm³/mol. The van der Waals surface area contributed by atoms with E-state index in [1.165, 1.54) is 17.5 Å². The Bertz CT molecular complexity index is 1190. The Labute approximate surface area is 198 Å². The molecule has 0 fully saturated rings. The lowest BCUT2D eigenvalue weighted by Crippen LogP contribution is -2.22. The molecule has 0 spiro atoms. The van der Waals surface area contributed by atoms with Crippen molar-refractivity contribution < 1.29 is 4.79 Å². The number of pyridine rings is 2. The van der Waals surface area contributed by atoms with Gasteiger partial charge in [0.05, 0.1) is 22.6 Å². The van der Waals surface area contributed by atoms with Crippen molar-refractivity contribution in [2.24, 2.45) is 10.7 Å². The third kappa shape index (κ3) is 6.23. The third-order valence-corrected chi connectivity index (χ3v) is 6.20. The Morgan fingerprint density at radius 3 is 2.67 bits per heavy atom. The second-order valence-electron chi connectivity index (χ2n) is 8.47. The molecule has 0 unspecified atom stereocenters. The van der Waals surface area contributed by atoms with Gasteiger partial charge in [0, 0.05) is 48.9 Å². The average Bonchev–Trinajstić information content (AvgIpc) is 3.29. The predicted octanol–water partition coefficient (Wildman–Crippen LogP) is 4.05. The molecule has 3 aromatic rings. The van der Waals surface area contributed by atoms with E-state index in [9.17, 15) is 4.79 Å². The summed E-state index contributed by atoms with van der Waals surface area (Å²) < 4.78 is 0. The van der Waals surface area contributed by atoms with E-state index in [2.05, 4.69) is 46.4 Å². The number of carbonyl (C=O) groups is 1. The first-order valence-corrected chi connectivity index (χ1v) is 11.3. The van der Waals surface area contributed by atoms with Crippen LogP contribution in [0.4, 0.5) is 5.82 Å². The molecule has 3 heterocycles. The summed E-state index contributed by atoms with van der Waals surface area (Å²) in [5, 5.41) is 7.03. The molecule has 0 saturated heterocycles. The fraction of sp³-hybridized carbons (Fsp3) is 0.292. The number of amides is 1. The highest BCUT2D eigenvalue weighted by molar-refractivity contribution is 7.13. The Kier molecular flexibility index (Phi) is 7.55. The second kappa shape index (κ2) is 10.4.